The number of carbonyl (C=O) groups is 2. The molecule has 0 fully saturated rings. The van der Waals surface area contributed by atoms with Crippen molar-refractivity contribution in [3.63, 3.8) is 0 Å². The number of nitrogens with zero attached hydrogens (tertiary/aromatic N) is 2. The minimum atomic E-state index is -3.33. The summed E-state index contributed by atoms with van der Waals surface area (Å²) in [5.74, 6) is 0.0766. The average molecular weight is 383 g/mol. The highest BCUT2D eigenvalue weighted by Gasteiger charge is 2.22. The SMILES string of the molecule is COC(=O)Nc1nc(N(C)C)c(C(=O)c2ccc(S(C)(=O)=O)cc2)s1. The summed E-state index contributed by atoms with van der Waals surface area (Å²) in [6.07, 6.45) is 0.414. The quantitative estimate of drug-likeness (QED) is 0.787. The molecule has 0 aliphatic carbocycles. The summed E-state index contributed by atoms with van der Waals surface area (Å²) in [5.41, 5.74) is 0.323. The molecule has 0 saturated carbocycles. The van der Waals surface area contributed by atoms with Gasteiger partial charge in [-0.3, -0.25) is 10.1 Å². The van der Waals surface area contributed by atoms with Gasteiger partial charge in [0.2, 0.25) is 5.78 Å². The Labute approximate surface area is 149 Å². The van der Waals surface area contributed by atoms with Gasteiger partial charge >= 0.3 is 6.09 Å². The Morgan fingerprint density at radius 2 is 1.80 bits per heavy atom. The number of carbonyl (C=O) groups excluding carboxylic acids is 2. The molecule has 1 aromatic heterocycles. The van der Waals surface area contributed by atoms with Gasteiger partial charge in [-0.25, -0.2) is 18.2 Å². The van der Waals surface area contributed by atoms with Crippen molar-refractivity contribution in [3.8, 4) is 0 Å². The third-order valence-corrected chi connectivity index (χ3v) is 5.27. The molecule has 1 N–H and O–H groups in total. The molecule has 0 aliphatic rings. The first-order chi connectivity index (χ1) is 11.6. The number of rotatable bonds is 5. The molecule has 0 saturated heterocycles. The molecule has 2 rings (SSSR count). The lowest BCUT2D eigenvalue weighted by atomic mass is 10.1. The number of ketones is 1. The lowest BCUT2D eigenvalue weighted by Gasteiger charge is -2.10. The molecular formula is C15H17N3O5S2. The Kier molecular flexibility index (Phi) is 5.43. The molecule has 8 nitrogen and oxygen atoms in total. The molecule has 0 radical (unpaired) electrons. The molecule has 1 heterocycles. The van der Waals surface area contributed by atoms with Gasteiger partial charge in [-0.2, -0.15) is 0 Å². The van der Waals surface area contributed by atoms with E-state index in [2.05, 4.69) is 15.0 Å². The molecule has 25 heavy (non-hydrogen) atoms. The Morgan fingerprint density at radius 1 is 1.20 bits per heavy atom. The van der Waals surface area contributed by atoms with Crippen LogP contribution in [0, 0.1) is 0 Å². The van der Waals surface area contributed by atoms with Crippen molar-refractivity contribution in [2.24, 2.45) is 0 Å². The number of methoxy groups -OCH3 is 1. The Balaban J connectivity index is 2.39. The third kappa shape index (κ3) is 4.34. The number of aromatic nitrogens is 1. The largest absolute Gasteiger partial charge is 0.453 e. The predicted octanol–water partition coefficient (Wildman–Crippen LogP) is 2.02. The van der Waals surface area contributed by atoms with Crippen LogP contribution >= 0.6 is 11.3 Å². The molecular weight excluding hydrogens is 366 g/mol. The fourth-order valence-electron chi connectivity index (χ4n) is 1.94. The number of hydrogen-bond donors (Lipinski definition) is 1. The standard InChI is InChI=1S/C15H17N3O5S2/c1-18(2)13-12(24-14(16-13)17-15(20)23-3)11(19)9-5-7-10(8-6-9)25(4,21)22/h5-8H,1-4H3,(H,16,17,20). The monoisotopic (exact) mass is 383 g/mol. The second kappa shape index (κ2) is 7.19. The number of ether oxygens (including phenoxy) is 1. The first-order valence-electron chi connectivity index (χ1n) is 7.01. The van der Waals surface area contributed by atoms with Crippen molar-refractivity contribution in [3.05, 3.63) is 34.7 Å². The van der Waals surface area contributed by atoms with Crippen LogP contribution in [0.4, 0.5) is 15.7 Å². The highest BCUT2D eigenvalue weighted by molar-refractivity contribution is 7.90. The minimum Gasteiger partial charge on any atom is -0.453 e. The number of benzene rings is 1. The molecule has 0 aliphatic heterocycles. The number of thiazole rings is 1. The van der Waals surface area contributed by atoms with Gasteiger partial charge < -0.3 is 9.64 Å². The fourth-order valence-corrected chi connectivity index (χ4v) is 3.56. The average Bonchev–Trinajstić information content (AvgIpc) is 2.97. The minimum absolute atomic E-state index is 0.134. The fraction of sp³-hybridized carbons (Fsp3) is 0.267. The van der Waals surface area contributed by atoms with Crippen molar-refractivity contribution in [1.29, 1.82) is 0 Å². The van der Waals surface area contributed by atoms with Crippen LogP contribution in [0.1, 0.15) is 15.2 Å². The maximum atomic E-state index is 12.8. The van der Waals surface area contributed by atoms with Crippen LogP contribution in [-0.4, -0.2) is 52.7 Å². The van der Waals surface area contributed by atoms with Crippen LogP contribution in [-0.2, 0) is 14.6 Å². The maximum absolute atomic E-state index is 12.8. The van der Waals surface area contributed by atoms with Gasteiger partial charge in [0, 0.05) is 25.9 Å². The zero-order chi connectivity index (χ0) is 18.8. The van der Waals surface area contributed by atoms with E-state index in [-0.39, 0.29) is 15.8 Å². The van der Waals surface area contributed by atoms with Crippen LogP contribution in [0.2, 0.25) is 0 Å². The summed E-state index contributed by atoms with van der Waals surface area (Å²) >= 11 is 1.01. The summed E-state index contributed by atoms with van der Waals surface area (Å²) in [6.45, 7) is 0. The van der Waals surface area contributed by atoms with Gasteiger partial charge in [0.05, 0.1) is 12.0 Å². The molecule has 134 valence electrons. The topological polar surface area (TPSA) is 106 Å². The van der Waals surface area contributed by atoms with E-state index in [0.29, 0.717) is 16.3 Å². The lowest BCUT2D eigenvalue weighted by Crippen LogP contribution is -2.14. The van der Waals surface area contributed by atoms with Gasteiger partial charge in [0.15, 0.2) is 20.8 Å². The lowest BCUT2D eigenvalue weighted by molar-refractivity contribution is 0.104. The number of anilines is 2. The first-order valence-corrected chi connectivity index (χ1v) is 9.72. The summed E-state index contributed by atoms with van der Waals surface area (Å²) < 4.78 is 27.5. The van der Waals surface area contributed by atoms with Gasteiger partial charge in [-0.1, -0.05) is 11.3 Å². The molecule has 0 spiro atoms. The van der Waals surface area contributed by atoms with Crippen molar-refractivity contribution in [2.45, 2.75) is 4.90 Å². The normalized spacial score (nSPS) is 11.0. The van der Waals surface area contributed by atoms with Crippen molar-refractivity contribution < 1.29 is 22.7 Å². The van der Waals surface area contributed by atoms with E-state index < -0.39 is 15.9 Å². The number of amides is 1. The van der Waals surface area contributed by atoms with E-state index in [1.165, 1.54) is 31.4 Å². The molecule has 10 heteroatoms. The van der Waals surface area contributed by atoms with Crippen LogP contribution in [0.15, 0.2) is 29.2 Å². The Hall–Kier alpha value is -2.46. The van der Waals surface area contributed by atoms with E-state index in [1.807, 2.05) is 0 Å². The Bertz CT molecular complexity index is 902. The van der Waals surface area contributed by atoms with Crippen LogP contribution in [0.5, 0.6) is 0 Å². The Morgan fingerprint density at radius 3 is 2.28 bits per heavy atom. The van der Waals surface area contributed by atoms with Crippen molar-refractivity contribution in [1.82, 2.24) is 4.98 Å². The van der Waals surface area contributed by atoms with Crippen LogP contribution in [0.3, 0.4) is 0 Å². The zero-order valence-corrected chi connectivity index (χ0v) is 15.7. The first kappa shape index (κ1) is 18.9. The highest BCUT2D eigenvalue weighted by atomic mass is 32.2. The second-order valence-corrected chi connectivity index (χ2v) is 8.32. The van der Waals surface area contributed by atoms with Gasteiger partial charge in [0.25, 0.3) is 0 Å². The van der Waals surface area contributed by atoms with E-state index >= 15 is 0 Å². The van der Waals surface area contributed by atoms with Crippen LogP contribution in [0.25, 0.3) is 0 Å². The molecule has 2 aromatic rings. The van der Waals surface area contributed by atoms with Crippen molar-refractivity contribution >= 4 is 44.0 Å². The molecule has 1 amide bonds. The van der Waals surface area contributed by atoms with E-state index in [1.54, 1.807) is 19.0 Å². The van der Waals surface area contributed by atoms with Gasteiger partial charge in [-0.05, 0) is 24.3 Å². The van der Waals surface area contributed by atoms with Gasteiger partial charge in [-0.15, -0.1) is 0 Å². The van der Waals surface area contributed by atoms with E-state index in [4.69, 9.17) is 0 Å². The zero-order valence-electron chi connectivity index (χ0n) is 14.1. The van der Waals surface area contributed by atoms with E-state index in [9.17, 15) is 18.0 Å². The molecule has 0 bridgehead atoms. The smallest absolute Gasteiger partial charge is 0.413 e. The summed E-state index contributed by atoms with van der Waals surface area (Å²) in [6, 6.07) is 5.66. The molecule has 0 atom stereocenters. The second-order valence-electron chi connectivity index (χ2n) is 5.31. The maximum Gasteiger partial charge on any atom is 0.413 e. The number of sulfone groups is 1. The number of hydrogen-bond acceptors (Lipinski definition) is 8. The van der Waals surface area contributed by atoms with E-state index in [0.717, 1.165) is 17.6 Å². The molecule has 1 aromatic carbocycles. The molecule has 0 unspecified atom stereocenters. The third-order valence-electron chi connectivity index (χ3n) is 3.18. The van der Waals surface area contributed by atoms with Crippen molar-refractivity contribution in [2.75, 3.05) is 37.7 Å². The van der Waals surface area contributed by atoms with Gasteiger partial charge in [0.1, 0.15) is 4.88 Å². The highest BCUT2D eigenvalue weighted by Crippen LogP contribution is 2.31. The summed E-state index contributed by atoms with van der Waals surface area (Å²) in [5, 5.41) is 2.66. The predicted molar refractivity (Wildman–Crippen MR) is 95.5 cm³/mol. The number of nitrogens with one attached hydrogen (secondary N) is 1. The summed E-state index contributed by atoms with van der Waals surface area (Å²) in [7, 11) is 1.34. The summed E-state index contributed by atoms with van der Waals surface area (Å²) in [4.78, 5) is 30.4. The van der Waals surface area contributed by atoms with Crippen LogP contribution < -0.4 is 10.2 Å².